The Kier molecular flexibility index (Phi) is 4.64. The molecule has 0 spiro atoms. The van der Waals surface area contributed by atoms with Crippen LogP contribution in [0.3, 0.4) is 0 Å². The third-order valence-electron chi connectivity index (χ3n) is 2.95. The SMILES string of the molecule is Cc1nnc(CNC(=O)C(c2ccccc2F)N(C)C)o1. The molecule has 2 aromatic rings. The number of aromatic nitrogens is 2. The highest BCUT2D eigenvalue weighted by Crippen LogP contribution is 2.21. The fourth-order valence-electron chi connectivity index (χ4n) is 2.02. The maximum absolute atomic E-state index is 13.9. The molecule has 112 valence electrons. The second-order valence-electron chi connectivity index (χ2n) is 4.82. The average Bonchev–Trinajstić information content (AvgIpc) is 2.84. The highest BCUT2D eigenvalue weighted by molar-refractivity contribution is 5.83. The Hall–Kier alpha value is -2.28. The Bertz CT molecular complexity index is 627. The quantitative estimate of drug-likeness (QED) is 0.903. The van der Waals surface area contributed by atoms with Gasteiger partial charge in [-0.05, 0) is 20.2 Å². The summed E-state index contributed by atoms with van der Waals surface area (Å²) < 4.78 is 19.1. The minimum atomic E-state index is -0.727. The number of likely N-dealkylation sites (N-methyl/N-ethyl adjacent to an activating group) is 1. The predicted molar refractivity (Wildman–Crippen MR) is 73.7 cm³/mol. The Morgan fingerprint density at radius 1 is 1.38 bits per heavy atom. The number of carbonyl (C=O) groups is 1. The molecule has 1 atom stereocenters. The maximum Gasteiger partial charge on any atom is 0.242 e. The summed E-state index contributed by atoms with van der Waals surface area (Å²) >= 11 is 0. The summed E-state index contributed by atoms with van der Waals surface area (Å²) in [5, 5.41) is 10.1. The molecule has 1 amide bonds. The minimum absolute atomic E-state index is 0.110. The Morgan fingerprint density at radius 2 is 2.10 bits per heavy atom. The molecule has 1 N–H and O–H groups in total. The van der Waals surface area contributed by atoms with E-state index >= 15 is 0 Å². The number of aryl methyl sites for hydroxylation is 1. The molecule has 0 saturated heterocycles. The van der Waals surface area contributed by atoms with Crippen LogP contribution >= 0.6 is 0 Å². The molecule has 1 heterocycles. The van der Waals surface area contributed by atoms with E-state index < -0.39 is 11.9 Å². The highest BCUT2D eigenvalue weighted by Gasteiger charge is 2.25. The second-order valence-corrected chi connectivity index (χ2v) is 4.82. The van der Waals surface area contributed by atoms with Crippen LogP contribution in [0.4, 0.5) is 4.39 Å². The van der Waals surface area contributed by atoms with E-state index in [4.69, 9.17) is 4.42 Å². The van der Waals surface area contributed by atoms with E-state index in [1.54, 1.807) is 44.1 Å². The first-order valence-corrected chi connectivity index (χ1v) is 6.46. The van der Waals surface area contributed by atoms with Crippen LogP contribution in [0.25, 0.3) is 0 Å². The van der Waals surface area contributed by atoms with Gasteiger partial charge < -0.3 is 9.73 Å². The lowest BCUT2D eigenvalue weighted by Gasteiger charge is -2.23. The van der Waals surface area contributed by atoms with Gasteiger partial charge in [-0.3, -0.25) is 9.69 Å². The van der Waals surface area contributed by atoms with Gasteiger partial charge in [-0.2, -0.15) is 0 Å². The first-order valence-electron chi connectivity index (χ1n) is 6.46. The first kappa shape index (κ1) is 15.1. The van der Waals surface area contributed by atoms with Crippen molar-refractivity contribution in [3.8, 4) is 0 Å². The van der Waals surface area contributed by atoms with Gasteiger partial charge in [0.25, 0.3) is 0 Å². The van der Waals surface area contributed by atoms with Gasteiger partial charge in [0.05, 0.1) is 6.54 Å². The molecule has 2 rings (SSSR count). The lowest BCUT2D eigenvalue weighted by molar-refractivity contribution is -0.126. The van der Waals surface area contributed by atoms with E-state index in [2.05, 4.69) is 15.5 Å². The van der Waals surface area contributed by atoms with E-state index in [0.29, 0.717) is 17.3 Å². The molecule has 0 aliphatic heterocycles. The second kappa shape index (κ2) is 6.45. The molecular weight excluding hydrogens is 275 g/mol. The smallest absolute Gasteiger partial charge is 0.242 e. The van der Waals surface area contributed by atoms with E-state index in [1.165, 1.54) is 6.07 Å². The lowest BCUT2D eigenvalue weighted by Crippen LogP contribution is -2.37. The summed E-state index contributed by atoms with van der Waals surface area (Å²) in [4.78, 5) is 14.0. The third kappa shape index (κ3) is 3.63. The molecule has 0 aliphatic rings. The van der Waals surface area contributed by atoms with Crippen molar-refractivity contribution in [1.29, 1.82) is 0 Å². The number of hydrogen-bond donors (Lipinski definition) is 1. The average molecular weight is 292 g/mol. The van der Waals surface area contributed by atoms with E-state index in [0.717, 1.165) is 0 Å². The predicted octanol–water partition coefficient (Wildman–Crippen LogP) is 1.44. The molecule has 21 heavy (non-hydrogen) atoms. The zero-order valence-corrected chi connectivity index (χ0v) is 12.1. The number of rotatable bonds is 5. The molecular formula is C14H17FN4O2. The molecule has 0 bridgehead atoms. The van der Waals surface area contributed by atoms with Crippen molar-refractivity contribution in [2.45, 2.75) is 19.5 Å². The van der Waals surface area contributed by atoms with Gasteiger partial charge in [0.15, 0.2) is 0 Å². The van der Waals surface area contributed by atoms with Crippen molar-refractivity contribution in [3.05, 3.63) is 47.4 Å². The minimum Gasteiger partial charge on any atom is -0.424 e. The van der Waals surface area contributed by atoms with Crippen LogP contribution in [0.1, 0.15) is 23.4 Å². The van der Waals surface area contributed by atoms with Crippen LogP contribution in [0.5, 0.6) is 0 Å². The summed E-state index contributed by atoms with van der Waals surface area (Å²) in [5.74, 6) is -0.00894. The molecule has 0 fully saturated rings. The van der Waals surface area contributed by atoms with Crippen LogP contribution < -0.4 is 5.32 Å². The number of halogens is 1. The zero-order chi connectivity index (χ0) is 15.4. The number of nitrogens with zero attached hydrogens (tertiary/aromatic N) is 3. The molecule has 1 aromatic carbocycles. The van der Waals surface area contributed by atoms with Gasteiger partial charge in [0.1, 0.15) is 11.9 Å². The van der Waals surface area contributed by atoms with Crippen LogP contribution in [0.2, 0.25) is 0 Å². The fraction of sp³-hybridized carbons (Fsp3) is 0.357. The standard InChI is InChI=1S/C14H17FN4O2/c1-9-17-18-12(21-9)8-16-14(20)13(19(2)3)10-6-4-5-7-11(10)15/h4-7,13H,8H2,1-3H3,(H,16,20). The fourth-order valence-corrected chi connectivity index (χ4v) is 2.02. The number of carbonyl (C=O) groups excluding carboxylic acids is 1. The van der Waals surface area contributed by atoms with Crippen LogP contribution in [-0.4, -0.2) is 35.1 Å². The van der Waals surface area contributed by atoms with E-state index in [-0.39, 0.29) is 12.5 Å². The van der Waals surface area contributed by atoms with Gasteiger partial charge in [-0.15, -0.1) is 10.2 Å². The van der Waals surface area contributed by atoms with Crippen LogP contribution in [0, 0.1) is 12.7 Å². The normalized spacial score (nSPS) is 12.4. The molecule has 0 aliphatic carbocycles. The molecule has 0 radical (unpaired) electrons. The largest absolute Gasteiger partial charge is 0.424 e. The summed E-state index contributed by atoms with van der Waals surface area (Å²) in [6.45, 7) is 1.78. The summed E-state index contributed by atoms with van der Waals surface area (Å²) in [7, 11) is 3.43. The highest BCUT2D eigenvalue weighted by atomic mass is 19.1. The van der Waals surface area contributed by atoms with Gasteiger partial charge in [-0.1, -0.05) is 18.2 Å². The zero-order valence-electron chi connectivity index (χ0n) is 12.1. The first-order chi connectivity index (χ1) is 9.99. The summed E-state index contributed by atoms with van der Waals surface area (Å²) in [6.07, 6.45) is 0. The number of nitrogens with one attached hydrogen (secondary N) is 1. The third-order valence-corrected chi connectivity index (χ3v) is 2.95. The van der Waals surface area contributed by atoms with E-state index in [9.17, 15) is 9.18 Å². The van der Waals surface area contributed by atoms with Gasteiger partial charge in [0, 0.05) is 12.5 Å². The van der Waals surface area contributed by atoms with Crippen molar-refractivity contribution in [2.75, 3.05) is 14.1 Å². The number of amides is 1. The van der Waals surface area contributed by atoms with Gasteiger partial charge in [0.2, 0.25) is 17.7 Å². The molecule has 0 saturated carbocycles. The molecule has 1 unspecified atom stereocenters. The molecule has 6 nitrogen and oxygen atoms in total. The Labute approximate surface area is 122 Å². The number of hydrogen-bond acceptors (Lipinski definition) is 5. The Balaban J connectivity index is 2.11. The summed E-state index contributed by atoms with van der Waals surface area (Å²) in [6, 6.07) is 5.49. The van der Waals surface area contributed by atoms with Crippen LogP contribution in [0.15, 0.2) is 28.7 Å². The van der Waals surface area contributed by atoms with Gasteiger partial charge >= 0.3 is 0 Å². The monoisotopic (exact) mass is 292 g/mol. The van der Waals surface area contributed by atoms with Crippen molar-refractivity contribution < 1.29 is 13.6 Å². The van der Waals surface area contributed by atoms with Crippen molar-refractivity contribution >= 4 is 5.91 Å². The number of benzene rings is 1. The van der Waals surface area contributed by atoms with Gasteiger partial charge in [-0.25, -0.2) is 4.39 Å². The van der Waals surface area contributed by atoms with Crippen molar-refractivity contribution in [3.63, 3.8) is 0 Å². The molecule has 7 heteroatoms. The topological polar surface area (TPSA) is 71.3 Å². The Morgan fingerprint density at radius 3 is 2.67 bits per heavy atom. The lowest BCUT2D eigenvalue weighted by atomic mass is 10.0. The van der Waals surface area contributed by atoms with E-state index in [1.807, 2.05) is 0 Å². The van der Waals surface area contributed by atoms with Crippen LogP contribution in [-0.2, 0) is 11.3 Å². The maximum atomic E-state index is 13.9. The van der Waals surface area contributed by atoms with Crippen molar-refractivity contribution in [1.82, 2.24) is 20.4 Å². The molecule has 1 aromatic heterocycles. The summed E-state index contributed by atoms with van der Waals surface area (Å²) in [5.41, 5.74) is 0.321. The van der Waals surface area contributed by atoms with Crippen molar-refractivity contribution in [2.24, 2.45) is 0 Å².